The zero-order valence-corrected chi connectivity index (χ0v) is 16.8. The number of anilines is 2. The molecule has 0 aliphatic heterocycles. The molecule has 6 nitrogen and oxygen atoms in total. The molecule has 0 saturated heterocycles. The number of aromatic nitrogens is 2. The Morgan fingerprint density at radius 2 is 1.86 bits per heavy atom. The number of ether oxygens (including phenoxy) is 1. The Morgan fingerprint density at radius 1 is 1.11 bits per heavy atom. The molecule has 0 aliphatic rings. The summed E-state index contributed by atoms with van der Waals surface area (Å²) in [5.41, 5.74) is 3.02. The summed E-state index contributed by atoms with van der Waals surface area (Å²) in [6.07, 6.45) is 0.790. The number of hydrogen-bond acceptors (Lipinski definition) is 7. The van der Waals surface area contributed by atoms with E-state index in [0.29, 0.717) is 5.82 Å². The van der Waals surface area contributed by atoms with Crippen molar-refractivity contribution in [2.24, 2.45) is 0 Å². The summed E-state index contributed by atoms with van der Waals surface area (Å²) in [6.45, 7) is 5.87. The molecule has 3 rings (SSSR count). The smallest absolute Gasteiger partial charge is 0.379 e. The Morgan fingerprint density at radius 3 is 2.46 bits per heavy atom. The van der Waals surface area contributed by atoms with Crippen LogP contribution in [-0.2, 0) is 16.0 Å². The second-order valence-electron chi connectivity index (χ2n) is 6.04. The van der Waals surface area contributed by atoms with Gasteiger partial charge in [-0.25, -0.2) is 14.8 Å². The molecule has 3 aromatic rings. The maximum atomic E-state index is 12.0. The highest BCUT2D eigenvalue weighted by molar-refractivity contribution is 7.13. The molecule has 1 N–H and O–H groups in total. The summed E-state index contributed by atoms with van der Waals surface area (Å²) in [6, 6.07) is 10.6. The van der Waals surface area contributed by atoms with Crippen molar-refractivity contribution in [2.75, 3.05) is 11.9 Å². The number of aryl methyl sites for hydroxylation is 1. The minimum absolute atomic E-state index is 0.170. The number of benzene rings is 1. The van der Waals surface area contributed by atoms with Crippen molar-refractivity contribution in [3.8, 4) is 10.7 Å². The minimum Gasteiger partial charge on any atom is -0.460 e. The van der Waals surface area contributed by atoms with Crippen molar-refractivity contribution in [1.29, 1.82) is 0 Å². The lowest BCUT2D eigenvalue weighted by Crippen LogP contribution is -2.17. The Labute approximate surface area is 167 Å². The van der Waals surface area contributed by atoms with Crippen LogP contribution < -0.4 is 5.32 Å². The van der Waals surface area contributed by atoms with E-state index in [0.717, 1.165) is 34.1 Å². The molecule has 1 aromatic carbocycles. The number of carbonyl (C=O) groups is 2. The zero-order valence-electron chi connectivity index (χ0n) is 16.0. The lowest BCUT2D eigenvalue weighted by Gasteiger charge is -2.14. The van der Waals surface area contributed by atoms with Gasteiger partial charge in [0.15, 0.2) is 5.82 Å². The second-order valence-corrected chi connectivity index (χ2v) is 6.99. The molecule has 2 heterocycles. The first kappa shape index (κ1) is 19.7. The maximum absolute atomic E-state index is 12.0. The van der Waals surface area contributed by atoms with Crippen LogP contribution in [0.4, 0.5) is 11.5 Å². The summed E-state index contributed by atoms with van der Waals surface area (Å²) in [5.74, 6) is -0.0758. The highest BCUT2D eigenvalue weighted by Crippen LogP contribution is 2.28. The van der Waals surface area contributed by atoms with E-state index in [1.165, 1.54) is 0 Å². The Hall–Kier alpha value is -3.06. The normalized spacial score (nSPS) is 10.5. The average Bonchev–Trinajstić information content (AvgIpc) is 3.23. The van der Waals surface area contributed by atoms with Gasteiger partial charge in [0.2, 0.25) is 0 Å². The first-order valence-corrected chi connectivity index (χ1v) is 9.91. The fourth-order valence-corrected chi connectivity index (χ4v) is 3.45. The van der Waals surface area contributed by atoms with Gasteiger partial charge in [-0.15, -0.1) is 11.3 Å². The van der Waals surface area contributed by atoms with Crippen molar-refractivity contribution in [1.82, 2.24) is 9.97 Å². The van der Waals surface area contributed by atoms with Crippen LogP contribution in [-0.4, -0.2) is 28.3 Å². The highest BCUT2D eigenvalue weighted by Gasteiger charge is 2.17. The number of ketones is 1. The molecule has 0 fully saturated rings. The van der Waals surface area contributed by atoms with Crippen LogP contribution in [0.1, 0.15) is 35.5 Å². The van der Waals surface area contributed by atoms with Gasteiger partial charge < -0.3 is 10.1 Å². The number of Topliss-reactive ketones (excluding diaryl/α,β-unsaturated/α-hetero) is 1. The van der Waals surface area contributed by atoms with Crippen molar-refractivity contribution >= 4 is 34.6 Å². The van der Waals surface area contributed by atoms with Gasteiger partial charge >= 0.3 is 5.97 Å². The molecule has 0 amide bonds. The predicted octanol–water partition coefficient (Wildman–Crippen LogP) is 4.57. The molecule has 0 bridgehead atoms. The van der Waals surface area contributed by atoms with Crippen LogP contribution in [0.2, 0.25) is 0 Å². The minimum atomic E-state index is -0.844. The molecule has 7 heteroatoms. The number of esters is 1. The Kier molecular flexibility index (Phi) is 6.16. The van der Waals surface area contributed by atoms with Gasteiger partial charge in [-0.2, -0.15) is 0 Å². The lowest BCUT2D eigenvalue weighted by atomic mass is 10.1. The molecular weight excluding hydrogens is 374 g/mol. The van der Waals surface area contributed by atoms with E-state index in [4.69, 9.17) is 9.72 Å². The van der Waals surface area contributed by atoms with Gasteiger partial charge in [-0.1, -0.05) is 13.0 Å². The van der Waals surface area contributed by atoms with E-state index in [1.54, 1.807) is 42.5 Å². The highest BCUT2D eigenvalue weighted by atomic mass is 32.1. The van der Waals surface area contributed by atoms with Crippen LogP contribution in [0, 0.1) is 6.92 Å². The molecule has 0 aliphatic carbocycles. The van der Waals surface area contributed by atoms with Crippen LogP contribution >= 0.6 is 11.3 Å². The molecule has 28 heavy (non-hydrogen) atoms. The van der Waals surface area contributed by atoms with Crippen LogP contribution in [0.3, 0.4) is 0 Å². The summed E-state index contributed by atoms with van der Waals surface area (Å²) in [7, 11) is 0. The molecule has 144 valence electrons. The Bertz CT molecular complexity index is 983. The van der Waals surface area contributed by atoms with E-state index in [-0.39, 0.29) is 12.2 Å². The molecule has 0 unspecified atom stereocenters. The third kappa shape index (κ3) is 4.26. The number of thiophene rings is 1. The molecule has 2 aromatic heterocycles. The van der Waals surface area contributed by atoms with E-state index in [1.807, 2.05) is 24.4 Å². The fourth-order valence-electron chi connectivity index (χ4n) is 2.79. The van der Waals surface area contributed by atoms with Crippen LogP contribution in [0.15, 0.2) is 41.8 Å². The van der Waals surface area contributed by atoms with Gasteiger partial charge in [-0.3, -0.25) is 4.79 Å². The largest absolute Gasteiger partial charge is 0.460 e. The number of carbonyl (C=O) groups excluding carboxylic acids is 2. The monoisotopic (exact) mass is 395 g/mol. The molecule has 0 atom stereocenters. The van der Waals surface area contributed by atoms with E-state index in [2.05, 4.69) is 17.2 Å². The third-order valence-corrected chi connectivity index (χ3v) is 5.05. The summed E-state index contributed by atoms with van der Waals surface area (Å²) < 4.78 is 4.76. The van der Waals surface area contributed by atoms with Crippen molar-refractivity contribution in [3.05, 3.63) is 58.6 Å². The molecule has 0 radical (unpaired) electrons. The summed E-state index contributed by atoms with van der Waals surface area (Å²) in [4.78, 5) is 33.9. The first-order valence-electron chi connectivity index (χ1n) is 9.03. The second kappa shape index (κ2) is 8.75. The van der Waals surface area contributed by atoms with E-state index in [9.17, 15) is 9.59 Å². The van der Waals surface area contributed by atoms with Gasteiger partial charge in [-0.05, 0) is 56.0 Å². The number of hydrogen-bond donors (Lipinski definition) is 1. The molecular formula is C21H21N3O3S. The fraction of sp³-hybridized carbons (Fsp3) is 0.238. The van der Waals surface area contributed by atoms with Crippen LogP contribution in [0.25, 0.3) is 10.7 Å². The SMILES string of the molecule is CCOC(=O)C(=O)c1ccc(Nc2nc(-c3cccs3)nc(C)c2CC)cc1. The summed E-state index contributed by atoms with van der Waals surface area (Å²) >= 11 is 1.59. The lowest BCUT2D eigenvalue weighted by molar-refractivity contribution is -0.137. The van der Waals surface area contributed by atoms with Gasteiger partial charge in [0, 0.05) is 22.5 Å². The van der Waals surface area contributed by atoms with E-state index >= 15 is 0 Å². The molecule has 0 saturated carbocycles. The van der Waals surface area contributed by atoms with Gasteiger partial charge in [0.05, 0.1) is 11.5 Å². The van der Waals surface area contributed by atoms with Crippen molar-refractivity contribution < 1.29 is 14.3 Å². The average molecular weight is 395 g/mol. The number of nitrogens with zero attached hydrogens (tertiary/aromatic N) is 2. The zero-order chi connectivity index (χ0) is 20.1. The van der Waals surface area contributed by atoms with E-state index < -0.39 is 11.8 Å². The first-order chi connectivity index (χ1) is 13.5. The van der Waals surface area contributed by atoms with Gasteiger partial charge in [0.25, 0.3) is 5.78 Å². The topological polar surface area (TPSA) is 81.2 Å². The predicted molar refractivity (Wildman–Crippen MR) is 110 cm³/mol. The third-order valence-electron chi connectivity index (χ3n) is 4.18. The summed E-state index contributed by atoms with van der Waals surface area (Å²) in [5, 5.41) is 5.31. The van der Waals surface area contributed by atoms with Crippen molar-refractivity contribution in [3.63, 3.8) is 0 Å². The standard InChI is InChI=1S/C21H21N3O3S/c1-4-16-13(3)22-20(17-7-6-12-28-17)24-19(16)23-15-10-8-14(9-11-15)18(25)21(26)27-5-2/h6-12H,4-5H2,1-3H3,(H,22,23,24). The molecule has 0 spiro atoms. The quantitative estimate of drug-likeness (QED) is 0.359. The maximum Gasteiger partial charge on any atom is 0.379 e. The van der Waals surface area contributed by atoms with Crippen molar-refractivity contribution in [2.45, 2.75) is 27.2 Å². The number of nitrogens with one attached hydrogen (secondary N) is 1. The van der Waals surface area contributed by atoms with Gasteiger partial charge in [0.1, 0.15) is 5.82 Å². The number of rotatable bonds is 7. The Balaban J connectivity index is 1.87. The van der Waals surface area contributed by atoms with Crippen LogP contribution in [0.5, 0.6) is 0 Å².